The Morgan fingerprint density at radius 2 is 2.06 bits per heavy atom. The van der Waals surface area contributed by atoms with Crippen molar-refractivity contribution in [1.29, 1.82) is 0 Å². The van der Waals surface area contributed by atoms with Crippen LogP contribution >= 0.6 is 34.2 Å². The fraction of sp³-hybridized carbons (Fsp3) is 0.591. The smallest absolute Gasteiger partial charge is 0.248 e. The fourth-order valence-electron chi connectivity index (χ4n) is 4.07. The maximum Gasteiger partial charge on any atom is 0.248 e. The van der Waals surface area contributed by atoms with Gasteiger partial charge in [0.15, 0.2) is 5.60 Å². The van der Waals surface area contributed by atoms with E-state index in [4.69, 9.17) is 16.3 Å². The highest BCUT2D eigenvalue weighted by molar-refractivity contribution is 14.1. The Labute approximate surface area is 206 Å². The number of benzene rings is 1. The number of hydrogen-bond donors (Lipinski definition) is 1. The van der Waals surface area contributed by atoms with Crippen LogP contribution in [0.5, 0.6) is 0 Å². The molecule has 2 aromatic rings. The molecule has 0 amide bonds. The lowest BCUT2D eigenvalue weighted by Gasteiger charge is -2.35. The van der Waals surface area contributed by atoms with Crippen molar-refractivity contribution in [1.82, 2.24) is 9.55 Å². The number of imidazole rings is 1. The Morgan fingerprint density at radius 1 is 1.38 bits per heavy atom. The van der Waals surface area contributed by atoms with E-state index in [-0.39, 0.29) is 36.0 Å². The second-order valence-electron chi connectivity index (χ2n) is 9.78. The van der Waals surface area contributed by atoms with Crippen molar-refractivity contribution >= 4 is 42.3 Å². The molecule has 1 saturated carbocycles. The van der Waals surface area contributed by atoms with Gasteiger partial charge in [-0.05, 0) is 59.7 Å². The standard InChI is InChI=1S/C22H29ClF3IN2O2Si/c1-14-19(27)28-20(29(14)13-31-9-10-32(2,3)4)22(30,16-7-8-21(25,26)12-16)15-5-6-18(24)17(23)11-15/h5-6,11,16,30H,7-10,12-13H2,1-4H3. The summed E-state index contributed by atoms with van der Waals surface area (Å²) in [5.41, 5.74) is -0.852. The van der Waals surface area contributed by atoms with Crippen LogP contribution in [0.25, 0.3) is 0 Å². The molecule has 1 aromatic carbocycles. The van der Waals surface area contributed by atoms with Crippen LogP contribution in [-0.4, -0.2) is 35.3 Å². The number of halogens is 5. The number of nitrogens with zero attached hydrogens (tertiary/aromatic N) is 2. The van der Waals surface area contributed by atoms with Gasteiger partial charge in [0.25, 0.3) is 0 Å². The van der Waals surface area contributed by atoms with Crippen LogP contribution in [0.2, 0.25) is 30.7 Å². The van der Waals surface area contributed by atoms with Gasteiger partial charge in [0.2, 0.25) is 5.92 Å². The molecule has 32 heavy (non-hydrogen) atoms. The maximum atomic E-state index is 14.2. The summed E-state index contributed by atoms with van der Waals surface area (Å²) in [7, 11) is -1.29. The van der Waals surface area contributed by atoms with Gasteiger partial charge in [-0.15, -0.1) is 0 Å². The first-order valence-electron chi connectivity index (χ1n) is 10.6. The van der Waals surface area contributed by atoms with E-state index in [2.05, 4.69) is 47.2 Å². The normalized spacial score (nSPS) is 20.5. The third-order valence-electron chi connectivity index (χ3n) is 6.07. The van der Waals surface area contributed by atoms with Crippen molar-refractivity contribution in [3.8, 4) is 0 Å². The van der Waals surface area contributed by atoms with E-state index >= 15 is 0 Å². The molecule has 1 heterocycles. The zero-order valence-corrected chi connectivity index (χ0v) is 22.6. The highest BCUT2D eigenvalue weighted by Crippen LogP contribution is 2.50. The van der Waals surface area contributed by atoms with Gasteiger partial charge < -0.3 is 14.4 Å². The molecule has 2 unspecified atom stereocenters. The van der Waals surface area contributed by atoms with Crippen molar-refractivity contribution in [3.63, 3.8) is 0 Å². The minimum atomic E-state index is -2.88. The van der Waals surface area contributed by atoms with E-state index in [1.807, 2.05) is 6.92 Å². The van der Waals surface area contributed by atoms with Crippen molar-refractivity contribution < 1.29 is 23.0 Å². The first-order valence-corrected chi connectivity index (χ1v) is 15.8. The molecule has 1 N–H and O–H groups in total. The lowest BCUT2D eigenvalue weighted by atomic mass is 9.79. The van der Waals surface area contributed by atoms with E-state index in [1.165, 1.54) is 12.1 Å². The summed E-state index contributed by atoms with van der Waals surface area (Å²) in [6, 6.07) is 4.82. The van der Waals surface area contributed by atoms with Crippen LogP contribution in [0.4, 0.5) is 13.2 Å². The molecule has 178 valence electrons. The van der Waals surface area contributed by atoms with Gasteiger partial charge in [-0.3, -0.25) is 0 Å². The molecular formula is C22H29ClF3IN2O2Si. The maximum absolute atomic E-state index is 14.2. The van der Waals surface area contributed by atoms with Crippen molar-refractivity contribution in [3.05, 3.63) is 49.8 Å². The Bertz CT molecular complexity index is 983. The SMILES string of the molecule is Cc1c(I)nc(C(O)(c2ccc(F)c(Cl)c2)C2CCC(F)(F)C2)n1COCC[Si](C)(C)C. The molecule has 1 aromatic heterocycles. The lowest BCUT2D eigenvalue weighted by Crippen LogP contribution is -2.39. The molecule has 1 aliphatic carbocycles. The number of aromatic nitrogens is 2. The van der Waals surface area contributed by atoms with E-state index in [1.54, 1.807) is 4.57 Å². The quantitative estimate of drug-likeness (QED) is 0.212. The van der Waals surface area contributed by atoms with Crippen molar-refractivity contribution in [2.24, 2.45) is 5.92 Å². The summed E-state index contributed by atoms with van der Waals surface area (Å²) in [4.78, 5) is 4.58. The van der Waals surface area contributed by atoms with Gasteiger partial charge >= 0.3 is 0 Å². The third-order valence-corrected chi connectivity index (χ3v) is 9.09. The lowest BCUT2D eigenvalue weighted by molar-refractivity contribution is -0.0352. The molecule has 4 nitrogen and oxygen atoms in total. The van der Waals surface area contributed by atoms with Gasteiger partial charge in [-0.1, -0.05) is 37.3 Å². The van der Waals surface area contributed by atoms with Crippen LogP contribution in [0.15, 0.2) is 18.2 Å². The fourth-order valence-corrected chi connectivity index (χ4v) is 5.53. The summed E-state index contributed by atoms with van der Waals surface area (Å²) < 4.78 is 50.6. The molecule has 0 bridgehead atoms. The van der Waals surface area contributed by atoms with Gasteiger partial charge in [0.05, 0.1) is 10.7 Å². The topological polar surface area (TPSA) is 47.3 Å². The molecule has 10 heteroatoms. The summed E-state index contributed by atoms with van der Waals surface area (Å²) in [6.45, 7) is 9.31. The molecule has 0 aliphatic heterocycles. The zero-order chi connectivity index (χ0) is 23.9. The largest absolute Gasteiger partial charge is 0.377 e. The number of alkyl halides is 2. The van der Waals surface area contributed by atoms with Crippen molar-refractivity contribution in [2.45, 2.75) is 70.1 Å². The molecule has 3 rings (SSSR count). The average Bonchev–Trinajstić information content (AvgIpc) is 3.20. The van der Waals surface area contributed by atoms with Crippen LogP contribution in [0, 0.1) is 22.4 Å². The Balaban J connectivity index is 2.05. The summed E-state index contributed by atoms with van der Waals surface area (Å²) in [5, 5.41) is 11.9. The summed E-state index contributed by atoms with van der Waals surface area (Å²) >= 11 is 8.07. The second kappa shape index (κ2) is 9.56. The van der Waals surface area contributed by atoms with Crippen LogP contribution in [0.3, 0.4) is 0 Å². The number of hydrogen-bond acceptors (Lipinski definition) is 3. The molecule has 1 aliphatic rings. The van der Waals surface area contributed by atoms with Crippen LogP contribution < -0.4 is 0 Å². The summed E-state index contributed by atoms with van der Waals surface area (Å²) in [5.74, 6) is -4.11. The predicted molar refractivity (Wildman–Crippen MR) is 130 cm³/mol. The highest BCUT2D eigenvalue weighted by Gasteiger charge is 2.53. The summed E-state index contributed by atoms with van der Waals surface area (Å²) in [6.07, 6.45) is -0.701. The van der Waals surface area contributed by atoms with Crippen molar-refractivity contribution in [2.75, 3.05) is 6.61 Å². The Kier molecular flexibility index (Phi) is 7.76. The van der Waals surface area contributed by atoms with Gasteiger partial charge in [0, 0.05) is 33.4 Å². The Hall–Kier alpha value is -0.623. The average molecular weight is 601 g/mol. The monoisotopic (exact) mass is 600 g/mol. The molecule has 0 radical (unpaired) electrons. The van der Waals surface area contributed by atoms with E-state index < -0.39 is 37.8 Å². The van der Waals surface area contributed by atoms with Crippen LogP contribution in [0.1, 0.15) is 36.3 Å². The molecule has 0 spiro atoms. The first-order chi connectivity index (χ1) is 14.7. The first kappa shape index (κ1) is 26.0. The minimum Gasteiger partial charge on any atom is -0.377 e. The van der Waals surface area contributed by atoms with Gasteiger partial charge in [-0.25, -0.2) is 18.2 Å². The second-order valence-corrected chi connectivity index (χ2v) is 16.8. The highest BCUT2D eigenvalue weighted by atomic mass is 127. The zero-order valence-electron chi connectivity index (χ0n) is 18.7. The number of ether oxygens (including phenoxy) is 1. The molecule has 2 atom stereocenters. The number of rotatable bonds is 8. The van der Waals surface area contributed by atoms with E-state index in [0.717, 1.165) is 17.8 Å². The van der Waals surface area contributed by atoms with E-state index in [9.17, 15) is 18.3 Å². The Morgan fingerprint density at radius 3 is 2.62 bits per heavy atom. The van der Waals surface area contributed by atoms with E-state index in [0.29, 0.717) is 10.3 Å². The van der Waals surface area contributed by atoms with Crippen LogP contribution in [-0.2, 0) is 17.1 Å². The minimum absolute atomic E-state index is 0.109. The third kappa shape index (κ3) is 5.53. The molecule has 0 saturated heterocycles. The van der Waals surface area contributed by atoms with Gasteiger partial charge in [-0.2, -0.15) is 0 Å². The predicted octanol–water partition coefficient (Wildman–Crippen LogP) is 6.57. The molecular weight excluding hydrogens is 572 g/mol. The molecule has 1 fully saturated rings. The number of aliphatic hydroxyl groups is 1. The van der Waals surface area contributed by atoms with Gasteiger partial charge in [0.1, 0.15) is 22.1 Å².